The Morgan fingerprint density at radius 3 is 2.54 bits per heavy atom. The molecule has 4 aromatic rings. The van der Waals surface area contributed by atoms with E-state index < -0.39 is 12.0 Å². The second-order valence-corrected chi connectivity index (χ2v) is 9.42. The topological polar surface area (TPSA) is 128 Å². The van der Waals surface area contributed by atoms with Crippen molar-refractivity contribution < 1.29 is 14.6 Å². The first kappa shape index (κ1) is 24.5. The second kappa shape index (κ2) is 10.4. The van der Waals surface area contributed by atoms with Crippen molar-refractivity contribution >= 4 is 5.97 Å². The van der Waals surface area contributed by atoms with E-state index in [0.29, 0.717) is 25.1 Å². The molecule has 10 heteroatoms. The minimum absolute atomic E-state index is 0.0334. The highest BCUT2D eigenvalue weighted by molar-refractivity contribution is 5.80. The van der Waals surface area contributed by atoms with Crippen LogP contribution in [-0.2, 0) is 17.8 Å². The van der Waals surface area contributed by atoms with Gasteiger partial charge in [-0.1, -0.05) is 61.9 Å². The predicted molar refractivity (Wildman–Crippen MR) is 137 cm³/mol. The third kappa shape index (κ3) is 4.66. The Balaban J connectivity index is 1.42. The normalized spacial score (nSPS) is 16.9. The molecule has 0 amide bonds. The highest BCUT2D eigenvalue weighted by Crippen LogP contribution is 2.34. The molecule has 0 saturated carbocycles. The molecule has 1 aliphatic heterocycles. The number of aliphatic carboxylic acids is 1. The number of fused-ring (bicyclic) bond motifs is 1. The summed E-state index contributed by atoms with van der Waals surface area (Å²) < 4.78 is 9.40. The van der Waals surface area contributed by atoms with Crippen molar-refractivity contribution in [2.45, 2.75) is 64.6 Å². The van der Waals surface area contributed by atoms with Gasteiger partial charge in [-0.05, 0) is 54.5 Å². The number of aromatic amines is 1. The number of ether oxygens (including phenoxy) is 1. The number of nitrogens with one attached hydrogen (secondary N) is 1. The molecule has 0 radical (unpaired) electrons. The Labute approximate surface area is 213 Å². The van der Waals surface area contributed by atoms with Gasteiger partial charge in [-0.15, -0.1) is 10.2 Å². The zero-order chi connectivity index (χ0) is 25.9. The van der Waals surface area contributed by atoms with E-state index in [1.165, 1.54) is 4.68 Å². The van der Waals surface area contributed by atoms with Crippen LogP contribution in [0.5, 0.6) is 5.75 Å². The fourth-order valence-electron chi connectivity index (χ4n) is 5.06. The van der Waals surface area contributed by atoms with Crippen LogP contribution >= 0.6 is 0 Å². The van der Waals surface area contributed by atoms with Gasteiger partial charge < -0.3 is 9.84 Å². The summed E-state index contributed by atoms with van der Waals surface area (Å²) in [6.45, 7) is 4.32. The quantitative estimate of drug-likeness (QED) is 0.347. The first-order valence-corrected chi connectivity index (χ1v) is 12.6. The van der Waals surface area contributed by atoms with E-state index in [4.69, 9.17) is 4.74 Å². The molecule has 2 aromatic carbocycles. The molecule has 0 bridgehead atoms. The third-order valence-electron chi connectivity index (χ3n) is 6.96. The molecule has 2 unspecified atom stereocenters. The van der Waals surface area contributed by atoms with Crippen LogP contribution in [0.4, 0.5) is 0 Å². The fourth-order valence-corrected chi connectivity index (χ4v) is 5.06. The van der Waals surface area contributed by atoms with Crippen LogP contribution in [0.3, 0.4) is 0 Å². The Hall–Kier alpha value is -4.21. The standard InChI is InChI=1S/C27H30N6O4/c1-3-4-9-22-24(26(34)33-23(27(35)36)15-10-17(2)32(22)33)37-16-18-11-13-19(14-12-18)20-7-5-6-8-21(20)25-28-30-31-29-25/h5-8,11-14,17,23H,3-4,9-10,15-16H2,1-2H3,(H,35,36)(H,28,29,30,31). The summed E-state index contributed by atoms with van der Waals surface area (Å²) >= 11 is 0. The first-order valence-electron chi connectivity index (χ1n) is 12.6. The molecule has 2 aromatic heterocycles. The van der Waals surface area contributed by atoms with Crippen molar-refractivity contribution in [3.8, 4) is 28.3 Å². The molecule has 5 rings (SSSR count). The summed E-state index contributed by atoms with van der Waals surface area (Å²) in [5.41, 5.74) is 4.16. The van der Waals surface area contributed by atoms with Gasteiger partial charge in [-0.3, -0.25) is 9.48 Å². The minimum atomic E-state index is -0.988. The number of hydrogen-bond acceptors (Lipinski definition) is 6. The molecule has 2 N–H and O–H groups in total. The predicted octanol–water partition coefficient (Wildman–Crippen LogP) is 4.40. The summed E-state index contributed by atoms with van der Waals surface area (Å²) in [7, 11) is 0. The Morgan fingerprint density at radius 2 is 1.86 bits per heavy atom. The summed E-state index contributed by atoms with van der Waals surface area (Å²) in [5.74, 6) is -0.201. The highest BCUT2D eigenvalue weighted by atomic mass is 16.5. The highest BCUT2D eigenvalue weighted by Gasteiger charge is 2.35. The van der Waals surface area contributed by atoms with Crippen LogP contribution < -0.4 is 10.3 Å². The maximum Gasteiger partial charge on any atom is 0.328 e. The van der Waals surface area contributed by atoms with E-state index >= 15 is 0 Å². The molecule has 192 valence electrons. The Bertz CT molecular complexity index is 1440. The van der Waals surface area contributed by atoms with E-state index in [2.05, 4.69) is 27.5 Å². The lowest BCUT2D eigenvalue weighted by Crippen LogP contribution is -2.38. The van der Waals surface area contributed by atoms with Crippen molar-refractivity contribution in [2.75, 3.05) is 0 Å². The molecule has 2 atom stereocenters. The molecule has 37 heavy (non-hydrogen) atoms. The molecule has 0 aliphatic carbocycles. The van der Waals surface area contributed by atoms with Crippen molar-refractivity contribution in [2.24, 2.45) is 0 Å². The lowest BCUT2D eigenvalue weighted by Gasteiger charge is -2.30. The van der Waals surface area contributed by atoms with Crippen molar-refractivity contribution in [3.05, 3.63) is 70.1 Å². The lowest BCUT2D eigenvalue weighted by molar-refractivity contribution is -0.142. The summed E-state index contributed by atoms with van der Waals surface area (Å²) in [6.07, 6.45) is 3.65. The molecule has 10 nitrogen and oxygen atoms in total. The number of nitrogens with zero attached hydrogens (tertiary/aromatic N) is 5. The Kier molecular flexibility index (Phi) is 6.89. The summed E-state index contributed by atoms with van der Waals surface area (Å²) in [4.78, 5) is 25.3. The number of carboxylic acids is 1. The van der Waals surface area contributed by atoms with E-state index in [0.717, 1.165) is 40.8 Å². The first-order chi connectivity index (χ1) is 18.0. The molecule has 1 aliphatic rings. The fraction of sp³-hybridized carbons (Fsp3) is 0.370. The van der Waals surface area contributed by atoms with Crippen LogP contribution in [0, 0.1) is 0 Å². The van der Waals surface area contributed by atoms with Crippen LogP contribution in [0.2, 0.25) is 0 Å². The molecule has 0 saturated heterocycles. The largest absolute Gasteiger partial charge is 0.482 e. The van der Waals surface area contributed by atoms with Gasteiger partial charge in [0.25, 0.3) is 0 Å². The lowest BCUT2D eigenvalue weighted by atomic mass is 9.98. The van der Waals surface area contributed by atoms with E-state index in [1.54, 1.807) is 0 Å². The molecule has 0 fully saturated rings. The van der Waals surface area contributed by atoms with Crippen molar-refractivity contribution in [3.63, 3.8) is 0 Å². The third-order valence-corrected chi connectivity index (χ3v) is 6.96. The van der Waals surface area contributed by atoms with Gasteiger partial charge in [0.2, 0.25) is 11.6 Å². The number of tetrazole rings is 1. The number of H-pyrrole nitrogens is 1. The molecule has 0 spiro atoms. The molecular weight excluding hydrogens is 472 g/mol. The monoisotopic (exact) mass is 502 g/mol. The average Bonchev–Trinajstić information content (AvgIpc) is 3.54. The van der Waals surface area contributed by atoms with E-state index in [1.807, 2.05) is 60.1 Å². The van der Waals surface area contributed by atoms with Crippen LogP contribution in [-0.4, -0.2) is 41.1 Å². The molecular formula is C27H30N6O4. The molecule has 3 heterocycles. The number of unbranched alkanes of at least 4 members (excludes halogenated alkanes) is 1. The van der Waals surface area contributed by atoms with Crippen LogP contribution in [0.1, 0.15) is 62.9 Å². The summed E-state index contributed by atoms with van der Waals surface area (Å²) in [6, 6.07) is 14.9. The van der Waals surface area contributed by atoms with Crippen molar-refractivity contribution in [1.82, 2.24) is 30.0 Å². The van der Waals surface area contributed by atoms with E-state index in [-0.39, 0.29) is 24.0 Å². The van der Waals surface area contributed by atoms with E-state index in [9.17, 15) is 14.7 Å². The van der Waals surface area contributed by atoms with Crippen molar-refractivity contribution in [1.29, 1.82) is 0 Å². The average molecular weight is 503 g/mol. The van der Waals surface area contributed by atoms with Gasteiger partial charge in [0.05, 0.1) is 5.69 Å². The number of carbonyl (C=O) groups is 1. The minimum Gasteiger partial charge on any atom is -0.482 e. The van der Waals surface area contributed by atoms with Crippen LogP contribution in [0.15, 0.2) is 53.3 Å². The smallest absolute Gasteiger partial charge is 0.328 e. The Morgan fingerprint density at radius 1 is 1.11 bits per heavy atom. The zero-order valence-corrected chi connectivity index (χ0v) is 20.9. The zero-order valence-electron chi connectivity index (χ0n) is 20.9. The number of hydrogen-bond donors (Lipinski definition) is 2. The second-order valence-electron chi connectivity index (χ2n) is 9.42. The van der Waals surface area contributed by atoms with Gasteiger partial charge in [0, 0.05) is 11.6 Å². The van der Waals surface area contributed by atoms with Gasteiger partial charge in [-0.2, -0.15) is 5.21 Å². The number of rotatable bonds is 9. The maximum absolute atomic E-state index is 13.4. The van der Waals surface area contributed by atoms with Gasteiger partial charge in [0.15, 0.2) is 6.04 Å². The number of carboxylic acid groups (broad SMARTS) is 1. The number of aromatic nitrogens is 6. The van der Waals surface area contributed by atoms with Gasteiger partial charge in [-0.25, -0.2) is 9.48 Å². The summed E-state index contributed by atoms with van der Waals surface area (Å²) in [5, 5.41) is 24.1. The number of benzene rings is 2. The van der Waals surface area contributed by atoms with Gasteiger partial charge in [0.1, 0.15) is 6.61 Å². The van der Waals surface area contributed by atoms with Crippen LogP contribution in [0.25, 0.3) is 22.5 Å². The van der Waals surface area contributed by atoms with Gasteiger partial charge >= 0.3 is 11.5 Å². The SMILES string of the molecule is CCCCc1c(OCc2ccc(-c3ccccc3-c3nn[nH]n3)cc2)c(=O)n2n1C(C)CCC2C(=O)O. The maximum atomic E-state index is 13.4.